The highest BCUT2D eigenvalue weighted by atomic mass is 35.5. The fraction of sp³-hybridized carbons (Fsp3) is 0.391. The SMILES string of the molecule is CC[C@H](C(=O)N[C@@H](C)CC)N(Cc1ccc(Cl)c(Cl)c1)C(=O)COc1ccc(Cl)cc1Cl. The van der Waals surface area contributed by atoms with Gasteiger partial charge in [-0.2, -0.15) is 0 Å². The van der Waals surface area contributed by atoms with Crippen LogP contribution in [-0.4, -0.2) is 35.4 Å². The molecule has 0 radical (unpaired) electrons. The molecule has 9 heteroatoms. The number of amides is 2. The lowest BCUT2D eigenvalue weighted by Crippen LogP contribution is -2.51. The zero-order valence-electron chi connectivity index (χ0n) is 18.1. The maximum Gasteiger partial charge on any atom is 0.261 e. The molecule has 5 nitrogen and oxygen atoms in total. The lowest BCUT2D eigenvalue weighted by molar-refractivity contribution is -0.143. The van der Waals surface area contributed by atoms with Crippen LogP contribution < -0.4 is 10.1 Å². The summed E-state index contributed by atoms with van der Waals surface area (Å²) < 4.78 is 5.63. The van der Waals surface area contributed by atoms with E-state index in [4.69, 9.17) is 51.1 Å². The average molecular weight is 520 g/mol. The van der Waals surface area contributed by atoms with Crippen LogP contribution in [0.4, 0.5) is 0 Å². The van der Waals surface area contributed by atoms with Gasteiger partial charge in [-0.05, 0) is 55.7 Å². The van der Waals surface area contributed by atoms with Crippen molar-refractivity contribution in [3.05, 3.63) is 62.1 Å². The van der Waals surface area contributed by atoms with Gasteiger partial charge in [0, 0.05) is 17.6 Å². The molecule has 0 saturated carbocycles. The maximum atomic E-state index is 13.2. The highest BCUT2D eigenvalue weighted by molar-refractivity contribution is 6.42. The Bertz CT molecular complexity index is 955. The Morgan fingerprint density at radius 1 is 0.969 bits per heavy atom. The van der Waals surface area contributed by atoms with Gasteiger partial charge < -0.3 is 15.0 Å². The van der Waals surface area contributed by atoms with Gasteiger partial charge in [0.05, 0.1) is 15.1 Å². The molecule has 0 saturated heterocycles. The number of hydrogen-bond donors (Lipinski definition) is 1. The van der Waals surface area contributed by atoms with Crippen molar-refractivity contribution in [1.82, 2.24) is 10.2 Å². The highest BCUT2D eigenvalue weighted by Gasteiger charge is 2.29. The molecule has 0 unspecified atom stereocenters. The molecule has 0 fully saturated rings. The first-order chi connectivity index (χ1) is 15.2. The summed E-state index contributed by atoms with van der Waals surface area (Å²) in [5.74, 6) is -0.260. The van der Waals surface area contributed by atoms with Crippen molar-refractivity contribution in [2.45, 2.75) is 52.2 Å². The van der Waals surface area contributed by atoms with E-state index in [1.54, 1.807) is 30.3 Å². The fourth-order valence-electron chi connectivity index (χ4n) is 3.01. The van der Waals surface area contributed by atoms with Crippen LogP contribution in [-0.2, 0) is 16.1 Å². The van der Waals surface area contributed by atoms with Crippen molar-refractivity contribution in [2.24, 2.45) is 0 Å². The summed E-state index contributed by atoms with van der Waals surface area (Å²) in [5, 5.41) is 4.50. The third-order valence-corrected chi connectivity index (χ3v) is 6.24. The molecule has 0 aliphatic carbocycles. The smallest absolute Gasteiger partial charge is 0.261 e. The summed E-state index contributed by atoms with van der Waals surface area (Å²) in [7, 11) is 0. The van der Waals surface area contributed by atoms with Crippen molar-refractivity contribution in [3.63, 3.8) is 0 Å². The molecule has 32 heavy (non-hydrogen) atoms. The number of carbonyl (C=O) groups excluding carboxylic acids is 2. The van der Waals surface area contributed by atoms with E-state index in [-0.39, 0.29) is 31.0 Å². The van der Waals surface area contributed by atoms with Crippen LogP contribution in [0.1, 0.15) is 39.2 Å². The average Bonchev–Trinajstić information content (AvgIpc) is 2.75. The summed E-state index contributed by atoms with van der Waals surface area (Å²) in [4.78, 5) is 27.6. The van der Waals surface area contributed by atoms with E-state index in [0.29, 0.717) is 32.3 Å². The van der Waals surface area contributed by atoms with E-state index in [1.165, 1.54) is 11.0 Å². The fourth-order valence-corrected chi connectivity index (χ4v) is 3.79. The molecule has 2 aromatic rings. The van der Waals surface area contributed by atoms with Crippen LogP contribution in [0.3, 0.4) is 0 Å². The van der Waals surface area contributed by atoms with Crippen molar-refractivity contribution in [1.29, 1.82) is 0 Å². The Hall–Kier alpha value is -1.66. The number of ether oxygens (including phenoxy) is 1. The number of nitrogens with zero attached hydrogens (tertiary/aromatic N) is 1. The monoisotopic (exact) mass is 518 g/mol. The minimum absolute atomic E-state index is 0.0115. The Morgan fingerprint density at radius 3 is 2.28 bits per heavy atom. The van der Waals surface area contributed by atoms with Gasteiger partial charge in [-0.3, -0.25) is 9.59 Å². The van der Waals surface area contributed by atoms with Gasteiger partial charge in [0.15, 0.2) is 6.61 Å². The Labute approximate surface area is 208 Å². The largest absolute Gasteiger partial charge is 0.482 e. The molecule has 2 atom stereocenters. The van der Waals surface area contributed by atoms with Crippen LogP contribution in [0.15, 0.2) is 36.4 Å². The third-order valence-electron chi connectivity index (χ3n) is 4.97. The summed E-state index contributed by atoms with van der Waals surface area (Å²) >= 11 is 24.2. The van der Waals surface area contributed by atoms with Crippen LogP contribution in [0.2, 0.25) is 20.1 Å². The number of rotatable bonds is 10. The summed E-state index contributed by atoms with van der Waals surface area (Å²) in [5.41, 5.74) is 0.743. The number of hydrogen-bond acceptors (Lipinski definition) is 3. The number of nitrogens with one attached hydrogen (secondary N) is 1. The molecule has 0 aliphatic heterocycles. The minimum Gasteiger partial charge on any atom is -0.482 e. The van der Waals surface area contributed by atoms with Gasteiger partial charge in [-0.25, -0.2) is 0 Å². The van der Waals surface area contributed by atoms with Crippen molar-refractivity contribution < 1.29 is 14.3 Å². The highest BCUT2D eigenvalue weighted by Crippen LogP contribution is 2.28. The lowest BCUT2D eigenvalue weighted by Gasteiger charge is -2.31. The maximum absolute atomic E-state index is 13.2. The van der Waals surface area contributed by atoms with E-state index in [1.807, 2.05) is 20.8 Å². The number of benzene rings is 2. The van der Waals surface area contributed by atoms with Gasteiger partial charge in [0.1, 0.15) is 11.8 Å². The molecule has 1 N–H and O–H groups in total. The first kappa shape index (κ1) is 26.6. The van der Waals surface area contributed by atoms with Gasteiger partial charge in [0.25, 0.3) is 5.91 Å². The standard InChI is InChI=1S/C23H26Cl4N2O3/c1-4-14(3)28-23(31)20(5-2)29(12-15-6-8-17(25)18(26)10-15)22(30)13-32-21-9-7-16(24)11-19(21)27/h6-11,14,20H,4-5,12-13H2,1-3H3,(H,28,31)/t14-,20+/m0/s1. The second-order valence-electron chi connectivity index (χ2n) is 7.38. The van der Waals surface area contributed by atoms with Crippen molar-refractivity contribution in [3.8, 4) is 5.75 Å². The molecular formula is C23H26Cl4N2O3. The zero-order chi connectivity index (χ0) is 23.8. The Balaban J connectivity index is 2.26. The predicted octanol–water partition coefficient (Wildman–Crippen LogP) is 6.40. The molecule has 0 aliphatic rings. The van der Waals surface area contributed by atoms with Crippen LogP contribution in [0.5, 0.6) is 5.75 Å². The predicted molar refractivity (Wildman–Crippen MR) is 131 cm³/mol. The lowest BCUT2D eigenvalue weighted by atomic mass is 10.1. The second-order valence-corrected chi connectivity index (χ2v) is 9.03. The summed E-state index contributed by atoms with van der Waals surface area (Å²) in [6.45, 7) is 5.62. The van der Waals surface area contributed by atoms with Gasteiger partial charge in [-0.15, -0.1) is 0 Å². The van der Waals surface area contributed by atoms with Crippen LogP contribution in [0.25, 0.3) is 0 Å². The van der Waals surface area contributed by atoms with E-state index in [0.717, 1.165) is 12.0 Å². The second kappa shape index (κ2) is 12.5. The Morgan fingerprint density at radius 2 is 1.69 bits per heavy atom. The van der Waals surface area contributed by atoms with Gasteiger partial charge >= 0.3 is 0 Å². The van der Waals surface area contributed by atoms with Crippen molar-refractivity contribution in [2.75, 3.05) is 6.61 Å². The van der Waals surface area contributed by atoms with E-state index in [2.05, 4.69) is 5.32 Å². The van der Waals surface area contributed by atoms with Crippen LogP contribution in [0, 0.1) is 0 Å². The normalized spacial score (nSPS) is 12.7. The first-order valence-corrected chi connectivity index (χ1v) is 11.8. The van der Waals surface area contributed by atoms with E-state index >= 15 is 0 Å². The zero-order valence-corrected chi connectivity index (χ0v) is 21.2. The summed E-state index contributed by atoms with van der Waals surface area (Å²) in [6, 6.07) is 9.16. The molecule has 0 spiro atoms. The molecule has 2 amide bonds. The molecule has 2 rings (SSSR count). The molecule has 2 aromatic carbocycles. The Kier molecular flexibility index (Phi) is 10.4. The van der Waals surface area contributed by atoms with Gasteiger partial charge in [0.2, 0.25) is 5.91 Å². The van der Waals surface area contributed by atoms with E-state index in [9.17, 15) is 9.59 Å². The quantitative estimate of drug-likeness (QED) is 0.395. The molecule has 0 bridgehead atoms. The van der Waals surface area contributed by atoms with E-state index < -0.39 is 6.04 Å². The van der Waals surface area contributed by atoms with Crippen LogP contribution >= 0.6 is 46.4 Å². The van der Waals surface area contributed by atoms with Gasteiger partial charge in [-0.1, -0.05) is 66.3 Å². The molecule has 0 aromatic heterocycles. The third kappa shape index (κ3) is 7.45. The topological polar surface area (TPSA) is 58.6 Å². The number of carbonyl (C=O) groups is 2. The number of halogens is 4. The minimum atomic E-state index is -0.685. The first-order valence-electron chi connectivity index (χ1n) is 10.3. The molecular weight excluding hydrogens is 494 g/mol. The summed E-state index contributed by atoms with van der Waals surface area (Å²) in [6.07, 6.45) is 1.21. The van der Waals surface area contributed by atoms with Crippen molar-refractivity contribution >= 4 is 58.2 Å². The molecule has 174 valence electrons. The molecule has 0 heterocycles.